The molecule has 4 N–H and O–H groups in total. The van der Waals surface area contributed by atoms with Gasteiger partial charge in [-0.15, -0.1) is 11.3 Å². The summed E-state index contributed by atoms with van der Waals surface area (Å²) in [6.07, 6.45) is 3.27. The van der Waals surface area contributed by atoms with Crippen LogP contribution in [0.4, 0.5) is 16.0 Å². The lowest BCUT2D eigenvalue weighted by molar-refractivity contribution is 0.600. The summed E-state index contributed by atoms with van der Waals surface area (Å²) in [6, 6.07) is 4.72. The minimum Gasteiger partial charge on any atom is -0.321 e. The van der Waals surface area contributed by atoms with Crippen molar-refractivity contribution in [3.8, 4) is 10.7 Å². The van der Waals surface area contributed by atoms with Crippen molar-refractivity contribution in [2.24, 2.45) is 5.14 Å². The van der Waals surface area contributed by atoms with Gasteiger partial charge in [0.2, 0.25) is 10.0 Å². The number of nitrogens with two attached hydrogens (primary N) is 1. The monoisotopic (exact) mass is 380 g/mol. The van der Waals surface area contributed by atoms with Gasteiger partial charge in [0, 0.05) is 17.7 Å². The number of hydrogen-bond acceptors (Lipinski definition) is 7. The molecule has 25 heavy (non-hydrogen) atoms. The van der Waals surface area contributed by atoms with Crippen LogP contribution >= 0.6 is 11.3 Å². The molecule has 3 aromatic heterocycles. The van der Waals surface area contributed by atoms with Gasteiger partial charge < -0.3 is 5.32 Å². The van der Waals surface area contributed by atoms with Gasteiger partial charge in [-0.3, -0.25) is 5.10 Å². The molecule has 0 amide bonds. The molecule has 0 bridgehead atoms. The Morgan fingerprint density at radius 1 is 1.36 bits per heavy atom. The highest BCUT2D eigenvalue weighted by Gasteiger charge is 2.25. The van der Waals surface area contributed by atoms with Crippen molar-refractivity contribution in [2.75, 3.05) is 5.32 Å². The first kappa shape index (κ1) is 16.1. The zero-order valence-corrected chi connectivity index (χ0v) is 14.4. The van der Waals surface area contributed by atoms with E-state index in [4.69, 9.17) is 5.14 Å². The van der Waals surface area contributed by atoms with Crippen LogP contribution in [-0.2, 0) is 10.0 Å². The lowest BCUT2D eigenvalue weighted by atomic mass is 10.3. The van der Waals surface area contributed by atoms with Gasteiger partial charge in [-0.2, -0.15) is 5.10 Å². The maximum Gasteiger partial charge on any atom is 0.247 e. The number of aromatic amines is 1. The summed E-state index contributed by atoms with van der Waals surface area (Å²) >= 11 is 0.920. The van der Waals surface area contributed by atoms with E-state index in [1.54, 1.807) is 0 Å². The van der Waals surface area contributed by atoms with Crippen LogP contribution in [0.1, 0.15) is 24.5 Å². The van der Waals surface area contributed by atoms with Gasteiger partial charge in [0.15, 0.2) is 23.3 Å². The maximum absolute atomic E-state index is 14.0. The van der Waals surface area contributed by atoms with Gasteiger partial charge in [-0.25, -0.2) is 27.9 Å². The van der Waals surface area contributed by atoms with E-state index in [0.717, 1.165) is 36.1 Å². The highest BCUT2D eigenvalue weighted by molar-refractivity contribution is 7.91. The molecule has 0 atom stereocenters. The van der Waals surface area contributed by atoms with Crippen molar-refractivity contribution < 1.29 is 12.8 Å². The van der Waals surface area contributed by atoms with Crippen LogP contribution in [-0.4, -0.2) is 28.6 Å². The fraction of sp³-hybridized carbons (Fsp3) is 0.214. The summed E-state index contributed by atoms with van der Waals surface area (Å²) in [7, 11) is -3.80. The molecule has 4 rings (SSSR count). The highest BCUT2D eigenvalue weighted by Crippen LogP contribution is 2.39. The molecular weight excluding hydrogens is 367 g/mol. The van der Waals surface area contributed by atoms with Crippen LogP contribution in [0.25, 0.3) is 10.7 Å². The molecule has 0 aliphatic heterocycles. The highest BCUT2D eigenvalue weighted by atomic mass is 32.2. The molecule has 0 spiro atoms. The summed E-state index contributed by atoms with van der Waals surface area (Å²) in [5, 5.41) is 14.9. The third-order valence-corrected chi connectivity index (χ3v) is 6.21. The number of primary sulfonamides is 1. The normalized spacial score (nSPS) is 14.6. The van der Waals surface area contributed by atoms with Crippen LogP contribution in [0.3, 0.4) is 0 Å². The predicted octanol–water partition coefficient (Wildman–Crippen LogP) is 2.34. The molecule has 0 radical (unpaired) electrons. The molecule has 0 unspecified atom stereocenters. The van der Waals surface area contributed by atoms with Crippen molar-refractivity contribution in [2.45, 2.75) is 23.0 Å². The third-order valence-electron chi connectivity index (χ3n) is 3.69. The molecule has 11 heteroatoms. The molecule has 130 valence electrons. The molecule has 8 nitrogen and oxygen atoms in total. The first-order valence-electron chi connectivity index (χ1n) is 7.38. The number of nitrogens with one attached hydrogen (secondary N) is 2. The van der Waals surface area contributed by atoms with Crippen LogP contribution in [0.15, 0.2) is 28.6 Å². The minimum atomic E-state index is -3.80. The number of sulfonamides is 1. The second-order valence-electron chi connectivity index (χ2n) is 5.66. The Kier molecular flexibility index (Phi) is 3.78. The standard InChI is InChI=1S/C14H13FN6O2S2/c15-8-6-17-14(10-3-4-12(24-10)25(16,22)23)19-13(8)18-11-5-9(20-21-11)7-1-2-7/h3-7H,1-2H2,(H2,16,22,23)(H2,17,18,19,20,21). The van der Waals surface area contributed by atoms with Gasteiger partial charge in [0.1, 0.15) is 4.21 Å². The zero-order chi connectivity index (χ0) is 17.6. The van der Waals surface area contributed by atoms with E-state index in [2.05, 4.69) is 25.5 Å². The molecule has 3 aromatic rings. The number of hydrogen-bond donors (Lipinski definition) is 3. The average Bonchev–Trinajstić information content (AvgIpc) is 3.09. The van der Waals surface area contributed by atoms with E-state index in [1.807, 2.05) is 6.07 Å². The smallest absolute Gasteiger partial charge is 0.247 e. The van der Waals surface area contributed by atoms with E-state index in [-0.39, 0.29) is 15.9 Å². The van der Waals surface area contributed by atoms with Crippen LogP contribution in [0.2, 0.25) is 0 Å². The first-order chi connectivity index (χ1) is 11.9. The minimum absolute atomic E-state index is 0.00805. The fourth-order valence-corrected chi connectivity index (χ4v) is 3.96. The van der Waals surface area contributed by atoms with E-state index < -0.39 is 15.8 Å². The molecule has 3 heterocycles. The Labute approximate surface area is 146 Å². The van der Waals surface area contributed by atoms with Crippen molar-refractivity contribution in [3.05, 3.63) is 35.9 Å². The largest absolute Gasteiger partial charge is 0.321 e. The molecule has 1 saturated carbocycles. The first-order valence-corrected chi connectivity index (χ1v) is 9.74. The Morgan fingerprint density at radius 2 is 2.16 bits per heavy atom. The van der Waals surface area contributed by atoms with E-state index in [0.29, 0.717) is 16.6 Å². The van der Waals surface area contributed by atoms with Crippen LogP contribution in [0.5, 0.6) is 0 Å². The molecular formula is C14H13FN6O2S2. The van der Waals surface area contributed by atoms with Gasteiger partial charge in [0.05, 0.1) is 11.1 Å². The van der Waals surface area contributed by atoms with Gasteiger partial charge in [0.25, 0.3) is 0 Å². The number of halogens is 1. The molecule has 1 aliphatic rings. The number of anilines is 2. The van der Waals surface area contributed by atoms with E-state index in [9.17, 15) is 12.8 Å². The summed E-state index contributed by atoms with van der Waals surface area (Å²) in [6.45, 7) is 0. The Morgan fingerprint density at radius 3 is 2.84 bits per heavy atom. The van der Waals surface area contributed by atoms with Crippen molar-refractivity contribution in [1.82, 2.24) is 20.2 Å². The van der Waals surface area contributed by atoms with Gasteiger partial charge in [-0.1, -0.05) is 0 Å². The fourth-order valence-electron chi connectivity index (χ4n) is 2.29. The number of H-pyrrole nitrogens is 1. The Bertz CT molecular complexity index is 1040. The van der Waals surface area contributed by atoms with Crippen LogP contribution in [0, 0.1) is 5.82 Å². The van der Waals surface area contributed by atoms with Crippen molar-refractivity contribution in [1.29, 1.82) is 0 Å². The summed E-state index contributed by atoms with van der Waals surface area (Å²) in [4.78, 5) is 8.50. The lowest BCUT2D eigenvalue weighted by Gasteiger charge is -2.04. The van der Waals surface area contributed by atoms with E-state index in [1.165, 1.54) is 12.1 Å². The third kappa shape index (κ3) is 3.38. The topological polar surface area (TPSA) is 127 Å². The molecule has 1 fully saturated rings. The maximum atomic E-state index is 14.0. The Balaban J connectivity index is 1.62. The quantitative estimate of drug-likeness (QED) is 0.623. The average molecular weight is 380 g/mol. The Hall–Kier alpha value is -2.37. The lowest BCUT2D eigenvalue weighted by Crippen LogP contribution is -2.09. The molecule has 0 saturated heterocycles. The summed E-state index contributed by atoms with van der Waals surface area (Å²) < 4.78 is 36.7. The van der Waals surface area contributed by atoms with Gasteiger partial charge >= 0.3 is 0 Å². The van der Waals surface area contributed by atoms with Crippen molar-refractivity contribution in [3.63, 3.8) is 0 Å². The zero-order valence-electron chi connectivity index (χ0n) is 12.7. The number of nitrogens with zero attached hydrogens (tertiary/aromatic N) is 3. The molecule has 0 aromatic carbocycles. The number of thiophene rings is 1. The second-order valence-corrected chi connectivity index (χ2v) is 8.53. The summed E-state index contributed by atoms with van der Waals surface area (Å²) in [5.41, 5.74) is 1.01. The number of aromatic nitrogens is 4. The number of rotatable bonds is 5. The predicted molar refractivity (Wildman–Crippen MR) is 90.5 cm³/mol. The van der Waals surface area contributed by atoms with Crippen LogP contribution < -0.4 is 10.5 Å². The van der Waals surface area contributed by atoms with Gasteiger partial charge in [-0.05, 0) is 25.0 Å². The SMILES string of the molecule is NS(=O)(=O)c1ccc(-c2ncc(F)c(Nc3cc(C4CC4)[nH]n3)n2)s1. The second kappa shape index (κ2) is 5.86. The van der Waals surface area contributed by atoms with Crippen molar-refractivity contribution >= 4 is 33.0 Å². The van der Waals surface area contributed by atoms with E-state index >= 15 is 0 Å². The summed E-state index contributed by atoms with van der Waals surface area (Å²) in [5.74, 6) is 0.479. The molecule has 1 aliphatic carbocycles.